The number of amides is 1. The van der Waals surface area contributed by atoms with Crippen LogP contribution in [0.2, 0.25) is 0 Å². The zero-order chi connectivity index (χ0) is 22.6. The highest BCUT2D eigenvalue weighted by atomic mass is 16.1. The van der Waals surface area contributed by atoms with Crippen molar-refractivity contribution in [2.24, 2.45) is 0 Å². The predicted molar refractivity (Wildman–Crippen MR) is 130 cm³/mol. The number of aromatic nitrogens is 4. The second-order valence-electron chi connectivity index (χ2n) is 8.39. The molecule has 1 aliphatic rings. The largest absolute Gasteiger partial charge is 0.373 e. The molecule has 8 nitrogen and oxygen atoms in total. The number of rotatable bonds is 6. The number of benzene rings is 1. The molecule has 0 spiro atoms. The fourth-order valence-corrected chi connectivity index (χ4v) is 4.28. The lowest BCUT2D eigenvalue weighted by Gasteiger charge is -2.26. The molecule has 0 atom stereocenters. The van der Waals surface area contributed by atoms with Crippen LogP contribution >= 0.6 is 0 Å². The number of anilines is 2. The normalized spacial score (nSPS) is 14.3. The summed E-state index contributed by atoms with van der Waals surface area (Å²) in [5, 5.41) is 13.8. The Morgan fingerprint density at radius 3 is 2.70 bits per heavy atom. The smallest absolute Gasteiger partial charge is 0.276 e. The first-order valence-corrected chi connectivity index (χ1v) is 11.3. The number of pyridine rings is 2. The van der Waals surface area contributed by atoms with Crippen molar-refractivity contribution in [2.75, 3.05) is 30.8 Å². The number of fused-ring (bicyclic) bond motifs is 1. The molecule has 1 aliphatic heterocycles. The molecule has 1 amide bonds. The molecule has 1 saturated heterocycles. The number of H-pyrrole nitrogens is 1. The van der Waals surface area contributed by atoms with Gasteiger partial charge in [-0.05, 0) is 67.4 Å². The average molecular weight is 442 g/mol. The first-order valence-electron chi connectivity index (χ1n) is 11.3. The molecule has 0 bridgehead atoms. The van der Waals surface area contributed by atoms with Gasteiger partial charge in [-0.2, -0.15) is 5.10 Å². The van der Waals surface area contributed by atoms with Gasteiger partial charge in [0.05, 0.1) is 17.4 Å². The van der Waals surface area contributed by atoms with Crippen LogP contribution in [0.15, 0.2) is 55.0 Å². The monoisotopic (exact) mass is 441 g/mol. The topological polar surface area (TPSA) is 98.8 Å². The molecule has 0 unspecified atom stereocenters. The fraction of sp³-hybridized carbons (Fsp3) is 0.280. The SMILES string of the molecule is CNc1ccc(NC(=O)c2n[nH]c3ccc(-c4cncc(CN5CCCCC5)c4)cc23)cn1. The predicted octanol–water partition coefficient (Wildman–Crippen LogP) is 4.30. The Kier molecular flexibility index (Phi) is 5.99. The molecule has 33 heavy (non-hydrogen) atoms. The van der Waals surface area contributed by atoms with E-state index < -0.39 is 0 Å². The van der Waals surface area contributed by atoms with Gasteiger partial charge in [-0.3, -0.25) is 19.8 Å². The van der Waals surface area contributed by atoms with E-state index in [2.05, 4.69) is 41.8 Å². The van der Waals surface area contributed by atoms with E-state index in [0.29, 0.717) is 11.4 Å². The van der Waals surface area contributed by atoms with Crippen LogP contribution < -0.4 is 10.6 Å². The van der Waals surface area contributed by atoms with Gasteiger partial charge in [0.2, 0.25) is 0 Å². The summed E-state index contributed by atoms with van der Waals surface area (Å²) in [6.07, 6.45) is 9.29. The minimum Gasteiger partial charge on any atom is -0.373 e. The Labute approximate surface area is 192 Å². The summed E-state index contributed by atoms with van der Waals surface area (Å²) in [6, 6.07) is 11.8. The third-order valence-corrected chi connectivity index (χ3v) is 6.04. The maximum absolute atomic E-state index is 12.9. The number of nitrogens with zero attached hydrogens (tertiary/aromatic N) is 4. The summed E-state index contributed by atoms with van der Waals surface area (Å²) in [4.78, 5) is 24.1. The Hall–Kier alpha value is -3.78. The second kappa shape index (κ2) is 9.38. The highest BCUT2D eigenvalue weighted by Crippen LogP contribution is 2.26. The van der Waals surface area contributed by atoms with Crippen molar-refractivity contribution >= 4 is 28.3 Å². The van der Waals surface area contributed by atoms with Gasteiger partial charge in [0.1, 0.15) is 5.82 Å². The first kappa shape index (κ1) is 21.1. The standard InChI is InChI=1S/C25H27N7O/c1-26-23-8-6-20(15-28-23)29-25(33)24-21-12-18(5-7-22(21)30-31-24)19-11-17(13-27-14-19)16-32-9-3-2-4-10-32/h5-8,11-15H,2-4,9-10,16H2,1H3,(H,26,28)(H,29,33)(H,30,31). The van der Waals surface area contributed by atoms with Crippen LogP contribution in [0.1, 0.15) is 35.3 Å². The second-order valence-corrected chi connectivity index (χ2v) is 8.39. The first-order chi connectivity index (χ1) is 16.2. The summed E-state index contributed by atoms with van der Waals surface area (Å²) in [5.41, 5.74) is 5.02. The van der Waals surface area contributed by atoms with Crippen LogP contribution in [0.3, 0.4) is 0 Å². The van der Waals surface area contributed by atoms with Gasteiger partial charge >= 0.3 is 0 Å². The highest BCUT2D eigenvalue weighted by Gasteiger charge is 2.16. The van der Waals surface area contributed by atoms with Gasteiger partial charge < -0.3 is 10.6 Å². The quantitative estimate of drug-likeness (QED) is 0.413. The molecule has 168 valence electrons. The highest BCUT2D eigenvalue weighted by molar-refractivity contribution is 6.11. The molecule has 1 fully saturated rings. The number of hydrogen-bond acceptors (Lipinski definition) is 6. The number of piperidine rings is 1. The van der Waals surface area contributed by atoms with Crippen LogP contribution in [-0.4, -0.2) is 51.1 Å². The third-order valence-electron chi connectivity index (χ3n) is 6.04. The molecule has 4 aromatic rings. The van der Waals surface area contributed by atoms with Gasteiger partial charge in [-0.15, -0.1) is 0 Å². The summed E-state index contributed by atoms with van der Waals surface area (Å²) in [7, 11) is 1.80. The lowest BCUT2D eigenvalue weighted by Crippen LogP contribution is -2.29. The summed E-state index contributed by atoms with van der Waals surface area (Å²) < 4.78 is 0. The van der Waals surface area contributed by atoms with Gasteiger partial charge in [0, 0.05) is 36.9 Å². The van der Waals surface area contributed by atoms with Crippen LogP contribution in [0.4, 0.5) is 11.5 Å². The number of carbonyl (C=O) groups excluding carboxylic acids is 1. The van der Waals surface area contributed by atoms with Gasteiger partial charge in [-0.1, -0.05) is 12.5 Å². The summed E-state index contributed by atoms with van der Waals surface area (Å²) in [5.74, 6) is 0.452. The van der Waals surface area contributed by atoms with Crippen molar-refractivity contribution in [3.8, 4) is 11.1 Å². The van der Waals surface area contributed by atoms with Crippen molar-refractivity contribution in [1.29, 1.82) is 0 Å². The average Bonchev–Trinajstić information content (AvgIpc) is 3.29. The number of aromatic amines is 1. The Morgan fingerprint density at radius 1 is 1.03 bits per heavy atom. The van der Waals surface area contributed by atoms with Crippen LogP contribution in [0.25, 0.3) is 22.0 Å². The van der Waals surface area contributed by atoms with Gasteiger partial charge in [0.15, 0.2) is 5.69 Å². The molecule has 3 N–H and O–H groups in total. The van der Waals surface area contributed by atoms with Crippen LogP contribution in [-0.2, 0) is 6.54 Å². The number of nitrogens with one attached hydrogen (secondary N) is 3. The van der Waals surface area contributed by atoms with Crippen molar-refractivity contribution in [3.05, 3.63) is 66.2 Å². The fourth-order valence-electron chi connectivity index (χ4n) is 4.28. The van der Waals surface area contributed by atoms with Crippen LogP contribution in [0, 0.1) is 0 Å². The molecule has 4 heterocycles. The van der Waals surface area contributed by atoms with Crippen molar-refractivity contribution < 1.29 is 4.79 Å². The molecule has 5 rings (SSSR count). The van der Waals surface area contributed by atoms with Gasteiger partial charge in [-0.25, -0.2) is 4.98 Å². The maximum atomic E-state index is 12.9. The molecule has 1 aromatic carbocycles. The van der Waals surface area contributed by atoms with E-state index in [0.717, 1.165) is 47.5 Å². The van der Waals surface area contributed by atoms with E-state index in [9.17, 15) is 4.79 Å². The van der Waals surface area contributed by atoms with Crippen molar-refractivity contribution in [2.45, 2.75) is 25.8 Å². The molecular formula is C25H27N7O. The van der Waals surface area contributed by atoms with E-state index in [1.165, 1.54) is 24.8 Å². The van der Waals surface area contributed by atoms with E-state index in [-0.39, 0.29) is 5.91 Å². The molecule has 3 aromatic heterocycles. The van der Waals surface area contributed by atoms with Crippen molar-refractivity contribution in [1.82, 2.24) is 25.1 Å². The van der Waals surface area contributed by atoms with Crippen molar-refractivity contribution in [3.63, 3.8) is 0 Å². The third kappa shape index (κ3) is 4.70. The number of likely N-dealkylation sites (tertiary alicyclic amines) is 1. The molecular weight excluding hydrogens is 414 g/mol. The minimum absolute atomic E-state index is 0.283. The zero-order valence-corrected chi connectivity index (χ0v) is 18.6. The Bertz CT molecular complexity index is 1260. The van der Waals surface area contributed by atoms with E-state index in [1.807, 2.05) is 30.6 Å². The van der Waals surface area contributed by atoms with Crippen LogP contribution in [0.5, 0.6) is 0 Å². The minimum atomic E-state index is -0.283. The van der Waals surface area contributed by atoms with E-state index in [1.54, 1.807) is 25.4 Å². The Balaban J connectivity index is 1.38. The maximum Gasteiger partial charge on any atom is 0.276 e. The van der Waals surface area contributed by atoms with E-state index in [4.69, 9.17) is 0 Å². The lowest BCUT2D eigenvalue weighted by molar-refractivity contribution is 0.102. The lowest BCUT2D eigenvalue weighted by atomic mass is 10.0. The van der Waals surface area contributed by atoms with E-state index >= 15 is 0 Å². The number of carbonyl (C=O) groups is 1. The molecule has 0 aliphatic carbocycles. The molecule has 0 saturated carbocycles. The summed E-state index contributed by atoms with van der Waals surface area (Å²) >= 11 is 0. The molecule has 0 radical (unpaired) electrons. The Morgan fingerprint density at radius 2 is 1.91 bits per heavy atom. The summed E-state index contributed by atoms with van der Waals surface area (Å²) in [6.45, 7) is 3.22. The zero-order valence-electron chi connectivity index (χ0n) is 18.6. The number of hydrogen-bond donors (Lipinski definition) is 3. The van der Waals surface area contributed by atoms with Gasteiger partial charge in [0.25, 0.3) is 5.91 Å². The molecule has 8 heteroatoms.